The molecule has 0 aliphatic carbocycles. The molecule has 98 valence electrons. The summed E-state index contributed by atoms with van der Waals surface area (Å²) in [6, 6.07) is 8.39. The number of amides is 1. The largest absolute Gasteiger partial charge is 0.494 e. The Morgan fingerprint density at radius 1 is 1.32 bits per heavy atom. The molecule has 0 aliphatic rings. The molecule has 2 rings (SSSR count). The van der Waals surface area contributed by atoms with Crippen molar-refractivity contribution in [1.29, 1.82) is 0 Å². The number of nitrogens with one attached hydrogen (secondary N) is 1. The van der Waals surface area contributed by atoms with E-state index in [1.54, 1.807) is 42.7 Å². The molecule has 5 heteroatoms. The molecule has 0 aliphatic heterocycles. The molecule has 1 amide bonds. The molecule has 0 atom stereocenters. The van der Waals surface area contributed by atoms with Gasteiger partial charge in [-0.1, -0.05) is 0 Å². The maximum absolute atomic E-state index is 12.1. The van der Waals surface area contributed by atoms with Gasteiger partial charge in [-0.3, -0.25) is 9.78 Å². The van der Waals surface area contributed by atoms with Crippen LogP contribution in [0.1, 0.15) is 17.3 Å². The number of benzene rings is 1. The van der Waals surface area contributed by atoms with Crippen LogP contribution in [0.2, 0.25) is 0 Å². The summed E-state index contributed by atoms with van der Waals surface area (Å²) in [5, 5.41) is 2.76. The van der Waals surface area contributed by atoms with Gasteiger partial charge in [-0.2, -0.15) is 0 Å². The highest BCUT2D eigenvalue weighted by molar-refractivity contribution is 6.05. The zero-order chi connectivity index (χ0) is 13.7. The number of carbonyl (C=O) groups excluding carboxylic acids is 1. The smallest absolute Gasteiger partial charge is 0.255 e. The van der Waals surface area contributed by atoms with E-state index >= 15 is 0 Å². The van der Waals surface area contributed by atoms with E-state index in [0.29, 0.717) is 29.3 Å². The van der Waals surface area contributed by atoms with Crippen molar-refractivity contribution in [2.45, 2.75) is 6.92 Å². The van der Waals surface area contributed by atoms with Crippen molar-refractivity contribution < 1.29 is 9.53 Å². The van der Waals surface area contributed by atoms with Gasteiger partial charge in [0.25, 0.3) is 5.91 Å². The van der Waals surface area contributed by atoms with Crippen LogP contribution in [0.4, 0.5) is 11.4 Å². The quantitative estimate of drug-likeness (QED) is 0.824. The first-order chi connectivity index (χ1) is 9.19. The fraction of sp³-hybridized carbons (Fsp3) is 0.143. The van der Waals surface area contributed by atoms with Crippen LogP contribution in [-0.4, -0.2) is 17.5 Å². The molecule has 0 saturated heterocycles. The number of carbonyl (C=O) groups is 1. The Labute approximate surface area is 111 Å². The van der Waals surface area contributed by atoms with E-state index in [4.69, 9.17) is 10.5 Å². The van der Waals surface area contributed by atoms with E-state index < -0.39 is 0 Å². The third-order valence-corrected chi connectivity index (χ3v) is 2.44. The van der Waals surface area contributed by atoms with Crippen molar-refractivity contribution in [3.8, 4) is 5.75 Å². The lowest BCUT2D eigenvalue weighted by atomic mass is 10.1. The van der Waals surface area contributed by atoms with E-state index in [2.05, 4.69) is 10.3 Å². The number of anilines is 2. The highest BCUT2D eigenvalue weighted by Crippen LogP contribution is 2.20. The molecule has 1 heterocycles. The molecular formula is C14H15N3O2. The van der Waals surface area contributed by atoms with Gasteiger partial charge in [-0.15, -0.1) is 0 Å². The van der Waals surface area contributed by atoms with Crippen molar-refractivity contribution in [2.75, 3.05) is 17.7 Å². The first-order valence-corrected chi connectivity index (χ1v) is 5.94. The Morgan fingerprint density at radius 2 is 2.05 bits per heavy atom. The summed E-state index contributed by atoms with van der Waals surface area (Å²) in [7, 11) is 0. The number of pyridine rings is 1. The summed E-state index contributed by atoms with van der Waals surface area (Å²) in [6.45, 7) is 2.40. The first-order valence-electron chi connectivity index (χ1n) is 5.94. The Bertz CT molecular complexity index is 570. The second-order valence-electron chi connectivity index (χ2n) is 3.91. The second kappa shape index (κ2) is 5.86. The minimum absolute atomic E-state index is 0.237. The van der Waals surface area contributed by atoms with Gasteiger partial charge in [-0.05, 0) is 31.2 Å². The Morgan fingerprint density at radius 3 is 2.74 bits per heavy atom. The minimum Gasteiger partial charge on any atom is -0.494 e. The fourth-order valence-electron chi connectivity index (χ4n) is 1.64. The average Bonchev–Trinajstić information content (AvgIpc) is 2.39. The van der Waals surface area contributed by atoms with Crippen LogP contribution >= 0.6 is 0 Å². The maximum Gasteiger partial charge on any atom is 0.255 e. The molecular weight excluding hydrogens is 242 g/mol. The van der Waals surface area contributed by atoms with Crippen molar-refractivity contribution in [3.05, 3.63) is 48.3 Å². The molecule has 0 unspecified atom stereocenters. The molecule has 0 saturated carbocycles. The van der Waals surface area contributed by atoms with E-state index in [1.165, 1.54) is 0 Å². The molecule has 5 nitrogen and oxygen atoms in total. The molecule has 19 heavy (non-hydrogen) atoms. The number of hydrogen-bond donors (Lipinski definition) is 2. The standard InChI is InChI=1S/C14H15N3O2/c1-2-19-13-8-10(7-11(15)9-13)14(18)17-12-3-5-16-6-4-12/h3-9H,2,15H2,1H3,(H,16,17,18). The molecule has 0 spiro atoms. The average molecular weight is 257 g/mol. The lowest BCUT2D eigenvalue weighted by Gasteiger charge is -2.09. The third kappa shape index (κ3) is 3.45. The maximum atomic E-state index is 12.1. The topological polar surface area (TPSA) is 77.2 Å². The number of ether oxygens (including phenoxy) is 1. The van der Waals surface area contributed by atoms with Crippen LogP contribution in [0, 0.1) is 0 Å². The Kier molecular flexibility index (Phi) is 3.97. The number of hydrogen-bond acceptors (Lipinski definition) is 4. The highest BCUT2D eigenvalue weighted by atomic mass is 16.5. The summed E-state index contributed by atoms with van der Waals surface area (Å²) in [6.07, 6.45) is 3.22. The number of nitrogens with two attached hydrogens (primary N) is 1. The molecule has 3 N–H and O–H groups in total. The molecule has 1 aromatic heterocycles. The summed E-state index contributed by atoms with van der Waals surface area (Å²) >= 11 is 0. The molecule has 0 radical (unpaired) electrons. The highest BCUT2D eigenvalue weighted by Gasteiger charge is 2.09. The summed E-state index contributed by atoms with van der Waals surface area (Å²) in [4.78, 5) is 16.0. The van der Waals surface area contributed by atoms with Crippen LogP contribution in [0.15, 0.2) is 42.7 Å². The van der Waals surface area contributed by atoms with E-state index in [0.717, 1.165) is 0 Å². The van der Waals surface area contributed by atoms with Gasteiger partial charge < -0.3 is 15.8 Å². The van der Waals surface area contributed by atoms with E-state index in [-0.39, 0.29) is 5.91 Å². The zero-order valence-electron chi connectivity index (χ0n) is 10.6. The second-order valence-corrected chi connectivity index (χ2v) is 3.91. The normalized spacial score (nSPS) is 9.95. The van der Waals surface area contributed by atoms with E-state index in [9.17, 15) is 4.79 Å². The number of rotatable bonds is 4. The van der Waals surface area contributed by atoms with Crippen molar-refractivity contribution in [1.82, 2.24) is 4.98 Å². The van der Waals surface area contributed by atoms with E-state index in [1.807, 2.05) is 6.92 Å². The van der Waals surface area contributed by atoms with Gasteiger partial charge in [0.05, 0.1) is 6.61 Å². The van der Waals surface area contributed by atoms with Gasteiger partial charge in [0.15, 0.2) is 0 Å². The van der Waals surface area contributed by atoms with Gasteiger partial charge >= 0.3 is 0 Å². The van der Waals surface area contributed by atoms with Gasteiger partial charge in [0.2, 0.25) is 0 Å². The van der Waals surface area contributed by atoms with Gasteiger partial charge in [0.1, 0.15) is 5.75 Å². The fourth-order valence-corrected chi connectivity index (χ4v) is 1.64. The molecule has 2 aromatic rings. The molecule has 0 bridgehead atoms. The van der Waals surface area contributed by atoms with Crippen LogP contribution < -0.4 is 15.8 Å². The monoisotopic (exact) mass is 257 g/mol. The number of nitrogens with zero attached hydrogens (tertiary/aromatic N) is 1. The van der Waals surface area contributed by atoms with Crippen LogP contribution in [0.3, 0.4) is 0 Å². The summed E-state index contributed by atoms with van der Waals surface area (Å²) < 4.78 is 5.36. The first kappa shape index (κ1) is 12.9. The third-order valence-electron chi connectivity index (χ3n) is 2.44. The lowest BCUT2D eigenvalue weighted by Crippen LogP contribution is -2.12. The number of aromatic nitrogens is 1. The van der Waals surface area contributed by atoms with Crippen LogP contribution in [0.5, 0.6) is 5.75 Å². The summed E-state index contributed by atoms with van der Waals surface area (Å²) in [5.74, 6) is 0.349. The number of nitrogen functional groups attached to an aromatic ring is 1. The van der Waals surface area contributed by atoms with Gasteiger partial charge in [0, 0.05) is 35.4 Å². The molecule has 1 aromatic carbocycles. The summed E-state index contributed by atoms with van der Waals surface area (Å²) in [5.41, 5.74) is 7.38. The lowest BCUT2D eigenvalue weighted by molar-refractivity contribution is 0.102. The van der Waals surface area contributed by atoms with Crippen molar-refractivity contribution in [2.24, 2.45) is 0 Å². The predicted molar refractivity (Wildman–Crippen MR) is 74.2 cm³/mol. The van der Waals surface area contributed by atoms with Crippen LogP contribution in [-0.2, 0) is 0 Å². The Balaban J connectivity index is 2.19. The van der Waals surface area contributed by atoms with Crippen LogP contribution in [0.25, 0.3) is 0 Å². The van der Waals surface area contributed by atoms with Gasteiger partial charge in [-0.25, -0.2) is 0 Å². The van der Waals surface area contributed by atoms with Crippen molar-refractivity contribution >= 4 is 17.3 Å². The predicted octanol–water partition coefficient (Wildman–Crippen LogP) is 2.31. The Hall–Kier alpha value is -2.56. The SMILES string of the molecule is CCOc1cc(N)cc(C(=O)Nc2ccncc2)c1. The zero-order valence-corrected chi connectivity index (χ0v) is 10.6. The molecule has 0 fully saturated rings. The minimum atomic E-state index is -0.237. The van der Waals surface area contributed by atoms with Crippen molar-refractivity contribution in [3.63, 3.8) is 0 Å².